The van der Waals surface area contributed by atoms with E-state index in [1.54, 1.807) is 0 Å². The maximum Gasteiger partial charge on any atom is 0.306 e. The summed E-state index contributed by atoms with van der Waals surface area (Å²) in [6.07, 6.45) is 2.03. The Morgan fingerprint density at radius 2 is 1.86 bits per heavy atom. The Labute approximate surface area is 130 Å². The van der Waals surface area contributed by atoms with Gasteiger partial charge in [-0.2, -0.15) is 0 Å². The molecule has 1 aromatic carbocycles. The van der Waals surface area contributed by atoms with Crippen LogP contribution < -0.4 is 5.32 Å². The molecule has 0 spiro atoms. The van der Waals surface area contributed by atoms with E-state index in [0.717, 1.165) is 5.56 Å². The van der Waals surface area contributed by atoms with Crippen LogP contribution >= 0.6 is 0 Å². The quantitative estimate of drug-likeness (QED) is 0.847. The monoisotopic (exact) mass is 305 g/mol. The van der Waals surface area contributed by atoms with Crippen molar-refractivity contribution in [3.8, 4) is 0 Å². The molecule has 22 heavy (non-hydrogen) atoms. The maximum absolute atomic E-state index is 12.5. The second kappa shape index (κ2) is 7.94. The first-order chi connectivity index (χ1) is 10.6. The number of carbonyl (C=O) groups excluding carboxylic acids is 1. The molecule has 1 aliphatic carbocycles. The van der Waals surface area contributed by atoms with Crippen LogP contribution in [0.15, 0.2) is 30.3 Å². The molecule has 0 aromatic heterocycles. The number of amides is 1. The van der Waals surface area contributed by atoms with Crippen LogP contribution in [0, 0.1) is 5.92 Å². The minimum atomic E-state index is -0.735. The Hall–Kier alpha value is -1.88. The van der Waals surface area contributed by atoms with Gasteiger partial charge in [-0.1, -0.05) is 30.3 Å². The Morgan fingerprint density at radius 3 is 2.41 bits per heavy atom. The number of rotatable bonds is 6. The van der Waals surface area contributed by atoms with Crippen LogP contribution in [0.4, 0.5) is 0 Å². The molecule has 0 radical (unpaired) electrons. The van der Waals surface area contributed by atoms with Gasteiger partial charge in [0.05, 0.1) is 5.92 Å². The third-order valence-electron chi connectivity index (χ3n) is 4.10. The second-order valence-corrected chi connectivity index (χ2v) is 5.64. The first kappa shape index (κ1) is 16.5. The molecule has 0 aliphatic heterocycles. The second-order valence-electron chi connectivity index (χ2n) is 5.64. The van der Waals surface area contributed by atoms with Gasteiger partial charge in [-0.25, -0.2) is 0 Å². The van der Waals surface area contributed by atoms with Crippen molar-refractivity contribution in [2.24, 2.45) is 5.92 Å². The molecule has 1 fully saturated rings. The Balaban J connectivity index is 1.93. The lowest BCUT2D eigenvalue weighted by atomic mass is 9.86. The van der Waals surface area contributed by atoms with Crippen LogP contribution in [0.25, 0.3) is 0 Å². The number of carboxylic acid groups (broad SMARTS) is 1. The number of nitrogens with one attached hydrogen (secondary N) is 1. The van der Waals surface area contributed by atoms with Crippen LogP contribution in [0.5, 0.6) is 0 Å². The molecule has 5 nitrogen and oxygen atoms in total. The van der Waals surface area contributed by atoms with Crippen molar-refractivity contribution in [2.75, 3.05) is 6.61 Å². The molecule has 0 heterocycles. The normalized spacial score (nSPS) is 22.8. The van der Waals surface area contributed by atoms with Crippen LogP contribution in [0.3, 0.4) is 0 Å². The van der Waals surface area contributed by atoms with Gasteiger partial charge < -0.3 is 15.2 Å². The molecule has 1 amide bonds. The van der Waals surface area contributed by atoms with Crippen molar-refractivity contribution in [1.29, 1.82) is 0 Å². The number of hydrogen-bond donors (Lipinski definition) is 2. The summed E-state index contributed by atoms with van der Waals surface area (Å²) in [5.41, 5.74) is 0.834. The molecule has 2 N–H and O–H groups in total. The number of ether oxygens (including phenoxy) is 1. The average molecular weight is 305 g/mol. The van der Waals surface area contributed by atoms with E-state index in [-0.39, 0.29) is 17.9 Å². The predicted molar refractivity (Wildman–Crippen MR) is 82.3 cm³/mol. The maximum atomic E-state index is 12.5. The molecule has 1 saturated carbocycles. The lowest BCUT2D eigenvalue weighted by molar-refractivity contribution is -0.143. The van der Waals surface area contributed by atoms with Gasteiger partial charge in [0.1, 0.15) is 0 Å². The predicted octanol–water partition coefficient (Wildman–Crippen LogP) is 2.52. The fraction of sp³-hybridized carbons (Fsp3) is 0.529. The Kier molecular flexibility index (Phi) is 5.95. The smallest absolute Gasteiger partial charge is 0.306 e. The number of aliphatic carboxylic acids is 1. The number of carbonyl (C=O) groups is 2. The third-order valence-corrected chi connectivity index (χ3v) is 4.10. The molecule has 0 bridgehead atoms. The zero-order chi connectivity index (χ0) is 15.9. The van der Waals surface area contributed by atoms with Crippen LogP contribution in [0.1, 0.15) is 44.3 Å². The molecular weight excluding hydrogens is 282 g/mol. The van der Waals surface area contributed by atoms with Gasteiger partial charge in [0.15, 0.2) is 6.10 Å². The molecule has 1 aromatic rings. The van der Waals surface area contributed by atoms with Crippen LogP contribution in [-0.2, 0) is 14.3 Å². The van der Waals surface area contributed by atoms with Gasteiger partial charge in [0, 0.05) is 12.6 Å². The Morgan fingerprint density at radius 1 is 1.23 bits per heavy atom. The van der Waals surface area contributed by atoms with E-state index in [1.165, 1.54) is 0 Å². The summed E-state index contributed by atoms with van der Waals surface area (Å²) in [4.78, 5) is 23.4. The molecule has 5 heteroatoms. The summed E-state index contributed by atoms with van der Waals surface area (Å²) >= 11 is 0. The van der Waals surface area contributed by atoms with Crippen LogP contribution in [0.2, 0.25) is 0 Å². The highest BCUT2D eigenvalue weighted by atomic mass is 16.5. The lowest BCUT2D eigenvalue weighted by Crippen LogP contribution is -2.41. The summed E-state index contributed by atoms with van der Waals surface area (Å²) < 4.78 is 5.58. The standard InChI is InChI=1S/C17H23NO4/c1-2-22-15(12-6-4-3-5-7-12)16(19)18-14-10-8-13(9-11-14)17(20)21/h3-7,13-15H,2,8-11H2,1H3,(H,18,19)(H,20,21). The third kappa shape index (κ3) is 4.31. The lowest BCUT2D eigenvalue weighted by Gasteiger charge is -2.28. The van der Waals surface area contributed by atoms with Crippen molar-refractivity contribution < 1.29 is 19.4 Å². The largest absolute Gasteiger partial charge is 0.481 e. The Bertz CT molecular complexity index is 495. The highest BCUT2D eigenvalue weighted by Crippen LogP contribution is 2.25. The fourth-order valence-electron chi connectivity index (χ4n) is 2.88. The highest BCUT2D eigenvalue weighted by molar-refractivity contribution is 5.82. The van der Waals surface area contributed by atoms with Gasteiger partial charge in [-0.05, 0) is 38.2 Å². The number of hydrogen-bond acceptors (Lipinski definition) is 3. The molecule has 1 atom stereocenters. The fourth-order valence-corrected chi connectivity index (χ4v) is 2.88. The van der Waals surface area contributed by atoms with E-state index in [0.29, 0.717) is 32.3 Å². The molecule has 0 saturated heterocycles. The van der Waals surface area contributed by atoms with Gasteiger partial charge in [0.25, 0.3) is 5.91 Å². The first-order valence-electron chi connectivity index (χ1n) is 7.81. The van der Waals surface area contributed by atoms with Crippen molar-refractivity contribution in [2.45, 2.75) is 44.8 Å². The number of carboxylic acids is 1. The number of benzene rings is 1. The SMILES string of the molecule is CCOC(C(=O)NC1CCC(C(=O)O)CC1)c1ccccc1. The van der Waals surface area contributed by atoms with E-state index < -0.39 is 12.1 Å². The van der Waals surface area contributed by atoms with Crippen molar-refractivity contribution in [3.63, 3.8) is 0 Å². The van der Waals surface area contributed by atoms with E-state index in [4.69, 9.17) is 9.84 Å². The summed E-state index contributed by atoms with van der Waals surface area (Å²) in [7, 11) is 0. The van der Waals surface area contributed by atoms with Crippen LogP contribution in [-0.4, -0.2) is 29.6 Å². The topological polar surface area (TPSA) is 75.6 Å². The minimum Gasteiger partial charge on any atom is -0.481 e. The van der Waals surface area contributed by atoms with Gasteiger partial charge in [-0.3, -0.25) is 9.59 Å². The van der Waals surface area contributed by atoms with Crippen molar-refractivity contribution >= 4 is 11.9 Å². The minimum absolute atomic E-state index is 0.0368. The van der Waals surface area contributed by atoms with E-state index in [1.807, 2.05) is 37.3 Å². The molecule has 120 valence electrons. The van der Waals surface area contributed by atoms with Gasteiger partial charge in [-0.15, -0.1) is 0 Å². The summed E-state index contributed by atoms with van der Waals surface area (Å²) in [5, 5.41) is 12.0. The highest BCUT2D eigenvalue weighted by Gasteiger charge is 2.29. The molecule has 1 unspecified atom stereocenters. The van der Waals surface area contributed by atoms with Crippen molar-refractivity contribution in [3.05, 3.63) is 35.9 Å². The van der Waals surface area contributed by atoms with E-state index in [9.17, 15) is 9.59 Å². The molecule has 1 aliphatic rings. The molecule has 2 rings (SSSR count). The zero-order valence-electron chi connectivity index (χ0n) is 12.8. The first-order valence-corrected chi connectivity index (χ1v) is 7.81. The average Bonchev–Trinajstić information content (AvgIpc) is 2.53. The zero-order valence-corrected chi connectivity index (χ0v) is 12.8. The van der Waals surface area contributed by atoms with Gasteiger partial charge >= 0.3 is 5.97 Å². The van der Waals surface area contributed by atoms with Crippen molar-refractivity contribution in [1.82, 2.24) is 5.32 Å². The van der Waals surface area contributed by atoms with Gasteiger partial charge in [0.2, 0.25) is 0 Å². The summed E-state index contributed by atoms with van der Waals surface area (Å²) in [5.74, 6) is -1.15. The molecular formula is C17H23NO4. The summed E-state index contributed by atoms with van der Waals surface area (Å²) in [6, 6.07) is 9.45. The van der Waals surface area contributed by atoms with E-state index in [2.05, 4.69) is 5.32 Å². The summed E-state index contributed by atoms with van der Waals surface area (Å²) in [6.45, 7) is 2.32. The van der Waals surface area contributed by atoms with E-state index >= 15 is 0 Å².